The minimum absolute atomic E-state index is 0.00869. The first-order valence-corrected chi connectivity index (χ1v) is 8.54. The quantitative estimate of drug-likeness (QED) is 0.384. The Kier molecular flexibility index (Phi) is 5.55. The Labute approximate surface area is 164 Å². The van der Waals surface area contributed by atoms with Gasteiger partial charge in [-0.3, -0.25) is 19.7 Å². The molecule has 3 aromatic rings. The van der Waals surface area contributed by atoms with Crippen molar-refractivity contribution in [3.63, 3.8) is 0 Å². The van der Waals surface area contributed by atoms with Gasteiger partial charge >= 0.3 is 5.97 Å². The molecule has 9 nitrogen and oxygen atoms in total. The van der Waals surface area contributed by atoms with Crippen LogP contribution in [0.2, 0.25) is 5.02 Å². The van der Waals surface area contributed by atoms with Crippen LogP contribution in [0.1, 0.15) is 5.82 Å². The van der Waals surface area contributed by atoms with E-state index in [0.717, 1.165) is 17.1 Å². The molecule has 0 bridgehead atoms. The normalized spacial score (nSPS) is 10.6. The number of benzene rings is 2. The summed E-state index contributed by atoms with van der Waals surface area (Å²) in [6, 6.07) is 11.0. The lowest BCUT2D eigenvalue weighted by Gasteiger charge is -2.09. The third-order valence-corrected chi connectivity index (χ3v) is 4.25. The van der Waals surface area contributed by atoms with E-state index in [2.05, 4.69) is 10.3 Å². The molecule has 0 aliphatic carbocycles. The van der Waals surface area contributed by atoms with E-state index in [4.69, 9.17) is 16.3 Å². The number of nitro groups is 1. The Hall–Kier alpha value is -3.46. The van der Waals surface area contributed by atoms with Gasteiger partial charge in [0.2, 0.25) is 0 Å². The van der Waals surface area contributed by atoms with E-state index < -0.39 is 23.4 Å². The summed E-state index contributed by atoms with van der Waals surface area (Å²) in [5.41, 5.74) is 1.54. The van der Waals surface area contributed by atoms with Gasteiger partial charge in [-0.1, -0.05) is 23.7 Å². The molecule has 0 fully saturated rings. The van der Waals surface area contributed by atoms with Crippen molar-refractivity contribution in [2.24, 2.45) is 0 Å². The van der Waals surface area contributed by atoms with Crippen LogP contribution in [0.4, 0.5) is 11.4 Å². The predicted molar refractivity (Wildman–Crippen MR) is 102 cm³/mol. The average molecular weight is 403 g/mol. The number of aromatic nitrogens is 2. The summed E-state index contributed by atoms with van der Waals surface area (Å²) < 4.78 is 6.70. The average Bonchev–Trinajstić information content (AvgIpc) is 2.97. The lowest BCUT2D eigenvalue weighted by molar-refractivity contribution is -0.384. The van der Waals surface area contributed by atoms with E-state index in [-0.39, 0.29) is 22.9 Å². The van der Waals surface area contributed by atoms with Gasteiger partial charge in [0.15, 0.2) is 6.61 Å². The number of para-hydroxylation sites is 2. The van der Waals surface area contributed by atoms with Crippen LogP contribution in [-0.2, 0) is 20.9 Å². The number of rotatable bonds is 6. The fourth-order valence-corrected chi connectivity index (χ4v) is 2.84. The van der Waals surface area contributed by atoms with Gasteiger partial charge in [-0.25, -0.2) is 4.98 Å². The molecule has 1 heterocycles. The lowest BCUT2D eigenvalue weighted by Crippen LogP contribution is -2.23. The molecule has 0 aliphatic heterocycles. The first kappa shape index (κ1) is 19.3. The number of hydrogen-bond acceptors (Lipinski definition) is 6. The molecule has 3 rings (SSSR count). The highest BCUT2D eigenvalue weighted by atomic mass is 35.5. The minimum Gasteiger partial charge on any atom is -0.454 e. The van der Waals surface area contributed by atoms with Gasteiger partial charge in [0.05, 0.1) is 26.7 Å². The highest BCUT2D eigenvalue weighted by Gasteiger charge is 2.15. The number of anilines is 1. The van der Waals surface area contributed by atoms with Crippen molar-refractivity contribution in [1.82, 2.24) is 9.55 Å². The number of non-ortho nitro benzene ring substituents is 1. The number of imidazole rings is 1. The second kappa shape index (κ2) is 8.05. The van der Waals surface area contributed by atoms with Crippen LogP contribution in [0, 0.1) is 17.0 Å². The van der Waals surface area contributed by atoms with E-state index in [0.29, 0.717) is 5.82 Å². The molecule has 144 valence electrons. The van der Waals surface area contributed by atoms with Crippen molar-refractivity contribution >= 4 is 45.9 Å². The molecule has 0 saturated carbocycles. The zero-order valence-electron chi connectivity index (χ0n) is 14.7. The Morgan fingerprint density at radius 2 is 2.04 bits per heavy atom. The third-order valence-electron chi connectivity index (χ3n) is 3.93. The fourth-order valence-electron chi connectivity index (χ4n) is 2.62. The smallest absolute Gasteiger partial charge is 0.326 e. The molecule has 0 radical (unpaired) electrons. The number of halogens is 1. The maximum Gasteiger partial charge on any atom is 0.326 e. The molecular formula is C18H15ClN4O5. The number of aryl methyl sites for hydroxylation is 1. The number of carbonyl (C=O) groups is 2. The number of esters is 1. The van der Waals surface area contributed by atoms with Crippen molar-refractivity contribution in [1.29, 1.82) is 0 Å². The number of ether oxygens (including phenoxy) is 1. The zero-order chi connectivity index (χ0) is 20.3. The van der Waals surface area contributed by atoms with Crippen LogP contribution in [-0.4, -0.2) is 33.0 Å². The minimum atomic E-state index is -0.615. The number of nitrogens with zero attached hydrogens (tertiary/aromatic N) is 3. The fraction of sp³-hybridized carbons (Fsp3) is 0.167. The standard InChI is InChI=1S/C18H15ClN4O5/c1-11-20-15-4-2-3-5-16(15)22(11)9-18(25)28-10-17(24)21-14-7-6-12(23(26)27)8-13(14)19/h2-8H,9-10H2,1H3,(H,21,24). The summed E-state index contributed by atoms with van der Waals surface area (Å²) in [6.07, 6.45) is 0. The molecule has 1 aromatic heterocycles. The van der Waals surface area contributed by atoms with Crippen molar-refractivity contribution in [2.75, 3.05) is 11.9 Å². The summed E-state index contributed by atoms with van der Waals surface area (Å²) in [6.45, 7) is 1.17. The Balaban J connectivity index is 1.58. The summed E-state index contributed by atoms with van der Waals surface area (Å²) in [4.78, 5) is 38.5. The van der Waals surface area contributed by atoms with Crippen molar-refractivity contribution in [3.05, 3.63) is 63.4 Å². The molecule has 0 aliphatic rings. The van der Waals surface area contributed by atoms with E-state index in [9.17, 15) is 19.7 Å². The first-order valence-electron chi connectivity index (χ1n) is 8.16. The highest BCUT2D eigenvalue weighted by molar-refractivity contribution is 6.34. The number of carbonyl (C=O) groups excluding carboxylic acids is 2. The first-order chi connectivity index (χ1) is 13.3. The number of fused-ring (bicyclic) bond motifs is 1. The largest absolute Gasteiger partial charge is 0.454 e. The lowest BCUT2D eigenvalue weighted by atomic mass is 10.3. The predicted octanol–water partition coefficient (Wildman–Crippen LogP) is 3.09. The molecule has 0 spiro atoms. The van der Waals surface area contributed by atoms with Crippen LogP contribution in [0.25, 0.3) is 11.0 Å². The van der Waals surface area contributed by atoms with Gasteiger partial charge < -0.3 is 14.6 Å². The van der Waals surface area contributed by atoms with Gasteiger partial charge in [-0.2, -0.15) is 0 Å². The molecule has 1 N–H and O–H groups in total. The second-order valence-electron chi connectivity index (χ2n) is 5.86. The topological polar surface area (TPSA) is 116 Å². The number of hydrogen-bond donors (Lipinski definition) is 1. The van der Waals surface area contributed by atoms with Crippen LogP contribution >= 0.6 is 11.6 Å². The Morgan fingerprint density at radius 3 is 2.75 bits per heavy atom. The third kappa shape index (κ3) is 4.26. The maximum absolute atomic E-state index is 12.1. The van der Waals surface area contributed by atoms with Gasteiger partial charge in [0.25, 0.3) is 11.6 Å². The second-order valence-corrected chi connectivity index (χ2v) is 6.27. The molecule has 10 heteroatoms. The van der Waals surface area contributed by atoms with Crippen LogP contribution in [0.5, 0.6) is 0 Å². The molecule has 0 unspecified atom stereocenters. The monoisotopic (exact) mass is 402 g/mol. The summed E-state index contributed by atoms with van der Waals surface area (Å²) in [5.74, 6) is -0.562. The maximum atomic E-state index is 12.1. The van der Waals surface area contributed by atoms with Crippen molar-refractivity contribution in [2.45, 2.75) is 13.5 Å². The van der Waals surface area contributed by atoms with Gasteiger partial charge in [-0.05, 0) is 25.1 Å². The summed E-state index contributed by atoms with van der Waals surface area (Å²) in [7, 11) is 0. The Bertz CT molecular complexity index is 1080. The van der Waals surface area contributed by atoms with Crippen LogP contribution in [0.15, 0.2) is 42.5 Å². The van der Waals surface area contributed by atoms with Crippen LogP contribution in [0.3, 0.4) is 0 Å². The molecule has 0 atom stereocenters. The van der Waals surface area contributed by atoms with Gasteiger partial charge in [0, 0.05) is 12.1 Å². The Morgan fingerprint density at radius 1 is 1.29 bits per heavy atom. The van der Waals surface area contributed by atoms with Crippen molar-refractivity contribution < 1.29 is 19.2 Å². The van der Waals surface area contributed by atoms with E-state index in [1.807, 2.05) is 24.3 Å². The van der Waals surface area contributed by atoms with Gasteiger partial charge in [-0.15, -0.1) is 0 Å². The van der Waals surface area contributed by atoms with Gasteiger partial charge in [0.1, 0.15) is 12.4 Å². The molecule has 1 amide bonds. The van der Waals surface area contributed by atoms with E-state index in [1.165, 1.54) is 12.1 Å². The summed E-state index contributed by atoms with van der Waals surface area (Å²) in [5, 5.41) is 13.1. The molecule has 0 saturated heterocycles. The molecule has 28 heavy (non-hydrogen) atoms. The summed E-state index contributed by atoms with van der Waals surface area (Å²) >= 11 is 5.91. The van der Waals surface area contributed by atoms with Crippen LogP contribution < -0.4 is 5.32 Å². The zero-order valence-corrected chi connectivity index (χ0v) is 15.5. The van der Waals surface area contributed by atoms with Crippen molar-refractivity contribution in [3.8, 4) is 0 Å². The van der Waals surface area contributed by atoms with E-state index >= 15 is 0 Å². The highest BCUT2D eigenvalue weighted by Crippen LogP contribution is 2.26. The number of nitro benzene ring substituents is 1. The molecular weight excluding hydrogens is 388 g/mol. The SMILES string of the molecule is Cc1nc2ccccc2n1CC(=O)OCC(=O)Nc1ccc([N+](=O)[O-])cc1Cl. The molecule has 2 aromatic carbocycles. The number of nitrogens with one attached hydrogen (secondary N) is 1. The van der Waals surface area contributed by atoms with E-state index in [1.54, 1.807) is 11.5 Å². The number of amides is 1.